The fourth-order valence-corrected chi connectivity index (χ4v) is 3.96. The lowest BCUT2D eigenvalue weighted by Gasteiger charge is -2.10. The number of thiophene rings is 1. The van der Waals surface area contributed by atoms with Crippen LogP contribution in [0.5, 0.6) is 0 Å². The summed E-state index contributed by atoms with van der Waals surface area (Å²) in [7, 11) is -3.52. The summed E-state index contributed by atoms with van der Waals surface area (Å²) in [6, 6.07) is 7.81. The first-order valence-electron chi connectivity index (χ1n) is 6.77. The maximum atomic E-state index is 12.1. The first-order valence-corrected chi connectivity index (χ1v) is 9.14. The SMILES string of the molecule is Cc1ccsc1C(=O)Nc1ccc(S(=O)(=O)NC(C)C)cc1. The Labute approximate surface area is 134 Å². The molecule has 0 aliphatic heterocycles. The number of nitrogens with one attached hydrogen (secondary N) is 2. The minimum Gasteiger partial charge on any atom is -0.321 e. The molecule has 1 amide bonds. The summed E-state index contributed by atoms with van der Waals surface area (Å²) in [4.78, 5) is 12.9. The van der Waals surface area contributed by atoms with Crippen molar-refractivity contribution in [3.8, 4) is 0 Å². The van der Waals surface area contributed by atoms with Gasteiger partial charge in [-0.15, -0.1) is 11.3 Å². The molecule has 1 heterocycles. The average Bonchev–Trinajstić information content (AvgIpc) is 2.84. The van der Waals surface area contributed by atoms with E-state index in [4.69, 9.17) is 0 Å². The minimum absolute atomic E-state index is 0.173. The molecule has 5 nitrogen and oxygen atoms in total. The summed E-state index contributed by atoms with van der Waals surface area (Å²) in [5.74, 6) is -0.191. The number of rotatable bonds is 5. The van der Waals surface area contributed by atoms with Gasteiger partial charge < -0.3 is 5.32 Å². The highest BCUT2D eigenvalue weighted by Gasteiger charge is 2.15. The van der Waals surface area contributed by atoms with Crippen LogP contribution in [0.3, 0.4) is 0 Å². The van der Waals surface area contributed by atoms with E-state index >= 15 is 0 Å². The zero-order valence-electron chi connectivity index (χ0n) is 12.6. The van der Waals surface area contributed by atoms with E-state index in [-0.39, 0.29) is 16.8 Å². The van der Waals surface area contributed by atoms with Crippen LogP contribution in [0.4, 0.5) is 5.69 Å². The molecule has 2 aromatic rings. The van der Waals surface area contributed by atoms with Crippen LogP contribution in [-0.2, 0) is 10.0 Å². The Balaban J connectivity index is 2.13. The van der Waals surface area contributed by atoms with Crippen LogP contribution in [0.1, 0.15) is 29.1 Å². The van der Waals surface area contributed by atoms with Gasteiger partial charge in [0.1, 0.15) is 0 Å². The van der Waals surface area contributed by atoms with Gasteiger partial charge in [0.25, 0.3) is 5.91 Å². The molecule has 118 valence electrons. The van der Waals surface area contributed by atoms with Gasteiger partial charge in [0.05, 0.1) is 9.77 Å². The van der Waals surface area contributed by atoms with Crippen LogP contribution in [0.25, 0.3) is 0 Å². The lowest BCUT2D eigenvalue weighted by molar-refractivity contribution is 0.103. The number of sulfonamides is 1. The van der Waals surface area contributed by atoms with Crippen molar-refractivity contribution in [3.05, 3.63) is 46.2 Å². The van der Waals surface area contributed by atoms with E-state index < -0.39 is 10.0 Å². The van der Waals surface area contributed by atoms with Crippen LogP contribution in [0, 0.1) is 6.92 Å². The van der Waals surface area contributed by atoms with Crippen molar-refractivity contribution in [2.24, 2.45) is 0 Å². The van der Waals surface area contributed by atoms with Gasteiger partial charge in [-0.1, -0.05) is 0 Å². The maximum Gasteiger partial charge on any atom is 0.265 e. The van der Waals surface area contributed by atoms with Crippen molar-refractivity contribution >= 4 is 33.0 Å². The van der Waals surface area contributed by atoms with E-state index in [9.17, 15) is 13.2 Å². The van der Waals surface area contributed by atoms with Crippen molar-refractivity contribution in [2.45, 2.75) is 31.7 Å². The molecule has 22 heavy (non-hydrogen) atoms. The normalized spacial score (nSPS) is 11.6. The molecule has 0 bridgehead atoms. The number of aryl methyl sites for hydroxylation is 1. The quantitative estimate of drug-likeness (QED) is 0.880. The Morgan fingerprint density at radius 1 is 1.14 bits per heavy atom. The van der Waals surface area contributed by atoms with E-state index in [1.165, 1.54) is 23.5 Å². The molecule has 1 aromatic carbocycles. The van der Waals surface area contributed by atoms with Gasteiger partial charge >= 0.3 is 0 Å². The number of anilines is 1. The lowest BCUT2D eigenvalue weighted by atomic mass is 10.2. The van der Waals surface area contributed by atoms with Crippen molar-refractivity contribution in [1.82, 2.24) is 4.72 Å². The molecule has 7 heteroatoms. The number of amides is 1. The van der Waals surface area contributed by atoms with Gasteiger partial charge in [0, 0.05) is 11.7 Å². The molecule has 0 saturated carbocycles. The van der Waals surface area contributed by atoms with Crippen molar-refractivity contribution in [2.75, 3.05) is 5.32 Å². The third-order valence-corrected chi connectivity index (χ3v) is 5.57. The third kappa shape index (κ3) is 3.94. The first kappa shape index (κ1) is 16.7. The second-order valence-corrected chi connectivity index (χ2v) is 7.82. The summed E-state index contributed by atoms with van der Waals surface area (Å²) in [5, 5.41) is 4.62. The molecular weight excluding hydrogens is 320 g/mol. The molecule has 0 atom stereocenters. The van der Waals surface area contributed by atoms with Crippen LogP contribution in [0.2, 0.25) is 0 Å². The number of carbonyl (C=O) groups excluding carboxylic acids is 1. The third-order valence-electron chi connectivity index (χ3n) is 2.88. The molecule has 0 radical (unpaired) electrons. The molecule has 0 saturated heterocycles. The Bertz CT molecular complexity index is 762. The highest BCUT2D eigenvalue weighted by Crippen LogP contribution is 2.19. The predicted molar refractivity (Wildman–Crippen MR) is 88.9 cm³/mol. The fourth-order valence-electron chi connectivity index (χ4n) is 1.89. The maximum absolute atomic E-state index is 12.1. The molecule has 2 N–H and O–H groups in total. The highest BCUT2D eigenvalue weighted by molar-refractivity contribution is 7.89. The van der Waals surface area contributed by atoms with E-state index in [0.717, 1.165) is 5.56 Å². The van der Waals surface area contributed by atoms with Gasteiger partial charge in [-0.3, -0.25) is 4.79 Å². The molecule has 0 spiro atoms. The van der Waals surface area contributed by atoms with Crippen LogP contribution in [0.15, 0.2) is 40.6 Å². The largest absolute Gasteiger partial charge is 0.321 e. The zero-order chi connectivity index (χ0) is 16.3. The summed E-state index contributed by atoms with van der Waals surface area (Å²) in [6.45, 7) is 5.39. The summed E-state index contributed by atoms with van der Waals surface area (Å²) < 4.78 is 26.5. The molecular formula is C15H18N2O3S2. The standard InChI is InChI=1S/C15H18N2O3S2/c1-10(2)17-22(19,20)13-6-4-12(5-7-13)16-15(18)14-11(3)8-9-21-14/h4-10,17H,1-3H3,(H,16,18). The van der Waals surface area contributed by atoms with Gasteiger partial charge in [0.15, 0.2) is 0 Å². The first-order chi connectivity index (χ1) is 10.3. The minimum atomic E-state index is -3.52. The van der Waals surface area contributed by atoms with Gasteiger partial charge in [0.2, 0.25) is 10.0 Å². The number of hydrogen-bond donors (Lipinski definition) is 2. The second kappa shape index (κ2) is 6.60. The molecule has 0 unspecified atom stereocenters. The molecule has 0 fully saturated rings. The monoisotopic (exact) mass is 338 g/mol. The van der Waals surface area contributed by atoms with Crippen LogP contribution in [-0.4, -0.2) is 20.4 Å². The highest BCUT2D eigenvalue weighted by atomic mass is 32.2. The van der Waals surface area contributed by atoms with E-state index in [1.807, 2.05) is 18.4 Å². The molecule has 2 rings (SSSR count). The topological polar surface area (TPSA) is 75.3 Å². The predicted octanol–water partition coefficient (Wildman–Crippen LogP) is 3.00. The van der Waals surface area contributed by atoms with E-state index in [1.54, 1.807) is 26.0 Å². The molecule has 0 aliphatic carbocycles. The van der Waals surface area contributed by atoms with Gasteiger partial charge in [-0.05, 0) is 62.0 Å². The second-order valence-electron chi connectivity index (χ2n) is 5.19. The number of benzene rings is 1. The Morgan fingerprint density at radius 2 is 1.77 bits per heavy atom. The number of carbonyl (C=O) groups is 1. The summed E-state index contributed by atoms with van der Waals surface area (Å²) in [5.41, 5.74) is 1.48. The molecule has 1 aromatic heterocycles. The van der Waals surface area contributed by atoms with Crippen molar-refractivity contribution in [3.63, 3.8) is 0 Å². The summed E-state index contributed by atoms with van der Waals surface area (Å²) in [6.07, 6.45) is 0. The Hall–Kier alpha value is -1.70. The molecule has 0 aliphatic rings. The smallest absolute Gasteiger partial charge is 0.265 e. The van der Waals surface area contributed by atoms with Gasteiger partial charge in [-0.2, -0.15) is 0 Å². The van der Waals surface area contributed by atoms with Crippen molar-refractivity contribution in [1.29, 1.82) is 0 Å². The Kier molecular flexibility index (Phi) is 5.00. The van der Waals surface area contributed by atoms with Crippen LogP contribution >= 0.6 is 11.3 Å². The fraction of sp³-hybridized carbons (Fsp3) is 0.267. The average molecular weight is 338 g/mol. The van der Waals surface area contributed by atoms with Crippen LogP contribution < -0.4 is 10.0 Å². The zero-order valence-corrected chi connectivity index (χ0v) is 14.2. The van der Waals surface area contributed by atoms with E-state index in [0.29, 0.717) is 10.6 Å². The number of hydrogen-bond acceptors (Lipinski definition) is 4. The van der Waals surface area contributed by atoms with Crippen molar-refractivity contribution < 1.29 is 13.2 Å². The Morgan fingerprint density at radius 3 is 2.27 bits per heavy atom. The van der Waals surface area contributed by atoms with Gasteiger partial charge in [-0.25, -0.2) is 13.1 Å². The van der Waals surface area contributed by atoms with E-state index in [2.05, 4.69) is 10.0 Å². The lowest BCUT2D eigenvalue weighted by Crippen LogP contribution is -2.30. The summed E-state index contributed by atoms with van der Waals surface area (Å²) >= 11 is 1.37.